The van der Waals surface area contributed by atoms with Crippen LogP contribution < -0.4 is 5.32 Å². The van der Waals surface area contributed by atoms with Gasteiger partial charge in [0.15, 0.2) is 0 Å². The van der Waals surface area contributed by atoms with Crippen LogP contribution in [0.15, 0.2) is 0 Å². The second kappa shape index (κ2) is 5.83. The van der Waals surface area contributed by atoms with Gasteiger partial charge in [-0.25, -0.2) is 0 Å². The van der Waals surface area contributed by atoms with Crippen LogP contribution in [0.25, 0.3) is 0 Å². The summed E-state index contributed by atoms with van der Waals surface area (Å²) in [6.45, 7) is 5.25. The highest BCUT2D eigenvalue weighted by Crippen LogP contribution is 2.22. The summed E-state index contributed by atoms with van der Waals surface area (Å²) >= 11 is 0. The molecule has 88 valence electrons. The predicted octanol–water partition coefficient (Wildman–Crippen LogP) is 0.833. The summed E-state index contributed by atoms with van der Waals surface area (Å²) in [4.78, 5) is 2.61. The first kappa shape index (κ1) is 11.4. The molecule has 0 spiro atoms. The van der Waals surface area contributed by atoms with Gasteiger partial charge in [-0.05, 0) is 57.7 Å². The second-order valence-corrected chi connectivity index (χ2v) is 5.02. The number of piperidine rings is 1. The number of nitrogens with zero attached hydrogens (tertiary/aromatic N) is 1. The topological polar surface area (TPSA) is 35.5 Å². The maximum atomic E-state index is 9.01. The molecule has 2 heterocycles. The van der Waals surface area contributed by atoms with Gasteiger partial charge < -0.3 is 10.4 Å². The molecule has 0 radical (unpaired) electrons. The monoisotopic (exact) mass is 212 g/mol. The minimum Gasteiger partial charge on any atom is -0.396 e. The summed E-state index contributed by atoms with van der Waals surface area (Å²) in [5, 5.41) is 12.5. The first-order valence-corrected chi connectivity index (χ1v) is 6.46. The Hall–Kier alpha value is -0.120. The van der Waals surface area contributed by atoms with Crippen LogP contribution in [-0.2, 0) is 0 Å². The summed E-state index contributed by atoms with van der Waals surface area (Å²) in [6.07, 6.45) is 6.31. The molecule has 0 aromatic rings. The van der Waals surface area contributed by atoms with Gasteiger partial charge in [-0.1, -0.05) is 0 Å². The number of hydrogen-bond acceptors (Lipinski definition) is 3. The zero-order valence-corrected chi connectivity index (χ0v) is 9.62. The highest BCUT2D eigenvalue weighted by atomic mass is 16.3. The van der Waals surface area contributed by atoms with Gasteiger partial charge in [0.05, 0.1) is 0 Å². The molecule has 2 atom stereocenters. The van der Waals surface area contributed by atoms with Crippen LogP contribution >= 0.6 is 0 Å². The minimum atomic E-state index is 0.351. The Balaban J connectivity index is 1.76. The van der Waals surface area contributed by atoms with E-state index in [0.29, 0.717) is 12.6 Å². The van der Waals surface area contributed by atoms with Crippen molar-refractivity contribution in [3.63, 3.8) is 0 Å². The largest absolute Gasteiger partial charge is 0.396 e. The number of rotatable bonds is 4. The van der Waals surface area contributed by atoms with E-state index in [1.165, 1.54) is 51.9 Å². The Morgan fingerprint density at radius 1 is 1.27 bits per heavy atom. The van der Waals surface area contributed by atoms with Crippen molar-refractivity contribution in [2.75, 3.05) is 32.8 Å². The maximum Gasteiger partial charge on any atom is 0.0445 e. The molecule has 2 aliphatic heterocycles. The van der Waals surface area contributed by atoms with Crippen molar-refractivity contribution in [3.8, 4) is 0 Å². The van der Waals surface area contributed by atoms with Crippen LogP contribution in [0, 0.1) is 5.92 Å². The van der Waals surface area contributed by atoms with Crippen LogP contribution in [0.5, 0.6) is 0 Å². The molecule has 2 N–H and O–H groups in total. The lowest BCUT2D eigenvalue weighted by Gasteiger charge is -2.31. The zero-order valence-electron chi connectivity index (χ0n) is 9.62. The van der Waals surface area contributed by atoms with Crippen LogP contribution in [0.4, 0.5) is 0 Å². The van der Waals surface area contributed by atoms with E-state index in [0.717, 1.165) is 12.3 Å². The molecule has 0 bridgehead atoms. The van der Waals surface area contributed by atoms with Gasteiger partial charge >= 0.3 is 0 Å². The highest BCUT2D eigenvalue weighted by Gasteiger charge is 2.26. The van der Waals surface area contributed by atoms with Crippen LogP contribution in [0.1, 0.15) is 32.1 Å². The molecule has 3 heteroatoms. The van der Waals surface area contributed by atoms with Gasteiger partial charge in [0.25, 0.3) is 0 Å². The molecule has 0 aromatic heterocycles. The first-order chi connectivity index (χ1) is 7.40. The van der Waals surface area contributed by atoms with Crippen molar-refractivity contribution in [1.82, 2.24) is 10.2 Å². The predicted molar refractivity (Wildman–Crippen MR) is 61.9 cm³/mol. The lowest BCUT2D eigenvalue weighted by atomic mass is 9.98. The Morgan fingerprint density at radius 2 is 2.20 bits per heavy atom. The van der Waals surface area contributed by atoms with E-state index in [1.54, 1.807) is 0 Å². The van der Waals surface area contributed by atoms with Crippen molar-refractivity contribution in [2.24, 2.45) is 5.92 Å². The molecular weight excluding hydrogens is 188 g/mol. The standard InChI is InChI=1S/C12H24N2O/c15-8-5-12-4-2-7-14(12)10-11-3-1-6-13-9-11/h11-13,15H,1-10H2. The maximum absolute atomic E-state index is 9.01. The molecule has 2 rings (SSSR count). The summed E-state index contributed by atoms with van der Waals surface area (Å²) in [5.41, 5.74) is 0. The zero-order chi connectivity index (χ0) is 10.5. The molecule has 3 nitrogen and oxygen atoms in total. The fourth-order valence-electron chi connectivity index (χ4n) is 3.02. The molecule has 2 fully saturated rings. The molecule has 0 aromatic carbocycles. The van der Waals surface area contributed by atoms with E-state index in [9.17, 15) is 0 Å². The molecular formula is C12H24N2O. The molecule has 0 saturated carbocycles. The van der Waals surface area contributed by atoms with Crippen LogP contribution in [-0.4, -0.2) is 48.8 Å². The fourth-order valence-corrected chi connectivity index (χ4v) is 3.02. The number of aliphatic hydroxyl groups is 1. The van der Waals surface area contributed by atoms with E-state index in [4.69, 9.17) is 5.11 Å². The Morgan fingerprint density at radius 3 is 2.93 bits per heavy atom. The summed E-state index contributed by atoms with van der Waals surface area (Å²) in [5.74, 6) is 0.845. The lowest BCUT2D eigenvalue weighted by Crippen LogP contribution is -2.40. The second-order valence-electron chi connectivity index (χ2n) is 5.02. The third-order valence-corrected chi connectivity index (χ3v) is 3.85. The van der Waals surface area contributed by atoms with Gasteiger partial charge in [-0.2, -0.15) is 0 Å². The highest BCUT2D eigenvalue weighted by molar-refractivity contribution is 4.82. The van der Waals surface area contributed by atoms with Gasteiger partial charge in [0.1, 0.15) is 0 Å². The molecule has 2 unspecified atom stereocenters. The number of likely N-dealkylation sites (tertiary alicyclic amines) is 1. The van der Waals surface area contributed by atoms with Gasteiger partial charge in [-0.3, -0.25) is 4.90 Å². The minimum absolute atomic E-state index is 0.351. The lowest BCUT2D eigenvalue weighted by molar-refractivity contribution is 0.163. The van der Waals surface area contributed by atoms with E-state index >= 15 is 0 Å². The van der Waals surface area contributed by atoms with Crippen molar-refractivity contribution < 1.29 is 5.11 Å². The fraction of sp³-hybridized carbons (Fsp3) is 1.00. The average molecular weight is 212 g/mol. The molecule has 2 saturated heterocycles. The average Bonchev–Trinajstić information content (AvgIpc) is 2.68. The summed E-state index contributed by atoms with van der Waals surface area (Å²) < 4.78 is 0. The third-order valence-electron chi connectivity index (χ3n) is 3.85. The third kappa shape index (κ3) is 3.16. The van der Waals surface area contributed by atoms with Gasteiger partial charge in [-0.15, -0.1) is 0 Å². The molecule has 0 aliphatic carbocycles. The molecule has 0 amide bonds. The van der Waals surface area contributed by atoms with Crippen LogP contribution in [0.3, 0.4) is 0 Å². The van der Waals surface area contributed by atoms with Gasteiger partial charge in [0, 0.05) is 19.2 Å². The Labute approximate surface area is 92.8 Å². The van der Waals surface area contributed by atoms with Gasteiger partial charge in [0.2, 0.25) is 0 Å². The van der Waals surface area contributed by atoms with Crippen molar-refractivity contribution >= 4 is 0 Å². The smallest absolute Gasteiger partial charge is 0.0445 e. The normalized spacial score (nSPS) is 33.4. The van der Waals surface area contributed by atoms with E-state index in [1.807, 2.05) is 0 Å². The number of nitrogens with one attached hydrogen (secondary N) is 1. The van der Waals surface area contributed by atoms with Crippen molar-refractivity contribution in [3.05, 3.63) is 0 Å². The molecule has 15 heavy (non-hydrogen) atoms. The Kier molecular flexibility index (Phi) is 4.42. The Bertz CT molecular complexity index is 180. The van der Waals surface area contributed by atoms with E-state index in [2.05, 4.69) is 10.2 Å². The molecule has 2 aliphatic rings. The quantitative estimate of drug-likeness (QED) is 0.724. The van der Waals surface area contributed by atoms with Crippen LogP contribution in [0.2, 0.25) is 0 Å². The van der Waals surface area contributed by atoms with E-state index in [-0.39, 0.29) is 0 Å². The number of hydrogen-bond donors (Lipinski definition) is 2. The van der Waals surface area contributed by atoms with Crippen molar-refractivity contribution in [2.45, 2.75) is 38.1 Å². The first-order valence-electron chi connectivity index (χ1n) is 6.46. The SMILES string of the molecule is OCCC1CCCN1CC1CCCNC1. The summed E-state index contributed by atoms with van der Waals surface area (Å²) in [6, 6.07) is 0.664. The summed E-state index contributed by atoms with van der Waals surface area (Å²) in [7, 11) is 0. The van der Waals surface area contributed by atoms with Crippen molar-refractivity contribution in [1.29, 1.82) is 0 Å². The number of aliphatic hydroxyl groups excluding tert-OH is 1. The van der Waals surface area contributed by atoms with E-state index < -0.39 is 0 Å².